The highest BCUT2D eigenvalue weighted by Gasteiger charge is 2.12. The average molecular weight is 372 g/mol. The van der Waals surface area contributed by atoms with E-state index < -0.39 is 13.1 Å². The molecule has 2 aromatic rings. The highest BCUT2D eigenvalue weighted by Crippen LogP contribution is 2.15. The van der Waals surface area contributed by atoms with E-state index in [1.54, 1.807) is 24.3 Å². The highest BCUT2D eigenvalue weighted by atomic mass is 16.5. The molecular weight excluding hydrogens is 351 g/mol. The van der Waals surface area contributed by atoms with Crippen LogP contribution in [0.5, 0.6) is 11.5 Å². The first kappa shape index (κ1) is 20.5. The predicted molar refractivity (Wildman–Crippen MR) is 99.0 cm³/mol. The SMILES string of the molecule is CC(=O)OCCCCOc1ccc(C(=O)Oc2ccc(B(O)O)cc2)cc1. The highest BCUT2D eigenvalue weighted by molar-refractivity contribution is 6.58. The molecule has 0 aliphatic heterocycles. The second-order valence-electron chi connectivity index (χ2n) is 5.75. The monoisotopic (exact) mass is 372 g/mol. The van der Waals surface area contributed by atoms with Gasteiger partial charge in [-0.1, -0.05) is 12.1 Å². The lowest BCUT2D eigenvalue weighted by atomic mass is 9.80. The van der Waals surface area contributed by atoms with Gasteiger partial charge in [-0.25, -0.2) is 4.79 Å². The van der Waals surface area contributed by atoms with Crippen molar-refractivity contribution >= 4 is 24.5 Å². The standard InChI is InChI=1S/C19H21BO7/c1-14(21)25-12-2-3-13-26-17-8-4-15(5-9-17)19(22)27-18-10-6-16(7-11-18)20(23)24/h4-11,23-24H,2-3,12-13H2,1H3. The van der Waals surface area contributed by atoms with Gasteiger partial charge in [-0.3, -0.25) is 4.79 Å². The largest absolute Gasteiger partial charge is 0.494 e. The number of carbonyl (C=O) groups is 2. The first-order valence-corrected chi connectivity index (χ1v) is 8.50. The molecule has 0 aliphatic carbocycles. The number of rotatable bonds is 9. The Balaban J connectivity index is 1.78. The van der Waals surface area contributed by atoms with E-state index in [4.69, 9.17) is 24.3 Å². The van der Waals surface area contributed by atoms with Crippen LogP contribution < -0.4 is 14.9 Å². The number of benzene rings is 2. The first-order valence-electron chi connectivity index (χ1n) is 8.50. The van der Waals surface area contributed by atoms with Gasteiger partial charge in [0, 0.05) is 6.92 Å². The van der Waals surface area contributed by atoms with Crippen LogP contribution in [-0.2, 0) is 9.53 Å². The van der Waals surface area contributed by atoms with Crippen molar-refractivity contribution in [2.75, 3.05) is 13.2 Å². The zero-order chi connectivity index (χ0) is 19.6. The maximum absolute atomic E-state index is 12.1. The van der Waals surface area contributed by atoms with Gasteiger partial charge in [0.1, 0.15) is 11.5 Å². The molecule has 0 unspecified atom stereocenters. The number of carbonyl (C=O) groups excluding carboxylic acids is 2. The Kier molecular flexibility index (Phi) is 7.85. The summed E-state index contributed by atoms with van der Waals surface area (Å²) in [7, 11) is -1.57. The van der Waals surface area contributed by atoms with Gasteiger partial charge in [-0.2, -0.15) is 0 Å². The summed E-state index contributed by atoms with van der Waals surface area (Å²) in [6.45, 7) is 2.23. The van der Waals surface area contributed by atoms with Gasteiger partial charge >= 0.3 is 19.1 Å². The Hall–Kier alpha value is -2.84. The van der Waals surface area contributed by atoms with Crippen LogP contribution in [0.2, 0.25) is 0 Å². The average Bonchev–Trinajstić information content (AvgIpc) is 2.65. The van der Waals surface area contributed by atoms with Crippen LogP contribution >= 0.6 is 0 Å². The van der Waals surface area contributed by atoms with Crippen molar-refractivity contribution in [2.24, 2.45) is 0 Å². The van der Waals surface area contributed by atoms with Gasteiger partial charge in [0.15, 0.2) is 0 Å². The first-order chi connectivity index (χ1) is 13.0. The Morgan fingerprint density at radius 3 is 2.07 bits per heavy atom. The van der Waals surface area contributed by atoms with Crippen molar-refractivity contribution in [1.29, 1.82) is 0 Å². The second kappa shape index (κ2) is 10.3. The summed E-state index contributed by atoms with van der Waals surface area (Å²) >= 11 is 0. The molecule has 0 atom stereocenters. The molecule has 2 rings (SSSR count). The van der Waals surface area contributed by atoms with Crippen molar-refractivity contribution in [1.82, 2.24) is 0 Å². The molecule has 0 aliphatic rings. The molecule has 0 heterocycles. The third-order valence-corrected chi connectivity index (χ3v) is 3.59. The van der Waals surface area contributed by atoms with Gasteiger partial charge in [-0.05, 0) is 54.7 Å². The minimum absolute atomic E-state index is 0.291. The lowest BCUT2D eigenvalue weighted by Crippen LogP contribution is -2.29. The molecule has 0 aromatic heterocycles. The van der Waals surface area contributed by atoms with Crippen molar-refractivity contribution in [2.45, 2.75) is 19.8 Å². The molecule has 8 heteroatoms. The van der Waals surface area contributed by atoms with Crippen molar-refractivity contribution in [3.63, 3.8) is 0 Å². The van der Waals surface area contributed by atoms with E-state index in [1.807, 2.05) is 0 Å². The summed E-state index contributed by atoms with van der Waals surface area (Å²) in [5.41, 5.74) is 0.674. The molecule has 0 saturated heterocycles. The molecule has 7 nitrogen and oxygen atoms in total. The van der Waals surface area contributed by atoms with Crippen LogP contribution in [0.4, 0.5) is 0 Å². The Morgan fingerprint density at radius 1 is 0.889 bits per heavy atom. The number of hydrogen-bond donors (Lipinski definition) is 2. The smallest absolute Gasteiger partial charge is 0.488 e. The molecular formula is C19H21BO7. The maximum atomic E-state index is 12.1. The van der Waals surface area contributed by atoms with Crippen LogP contribution in [-0.4, -0.2) is 42.3 Å². The van der Waals surface area contributed by atoms with Crippen LogP contribution in [0.25, 0.3) is 0 Å². The van der Waals surface area contributed by atoms with Gasteiger partial charge in [0.05, 0.1) is 18.8 Å². The second-order valence-corrected chi connectivity index (χ2v) is 5.75. The Morgan fingerprint density at radius 2 is 1.48 bits per heavy atom. The molecule has 0 bridgehead atoms. The Labute approximate surface area is 157 Å². The number of ether oxygens (including phenoxy) is 3. The van der Waals surface area contributed by atoms with Gasteiger partial charge in [-0.15, -0.1) is 0 Å². The molecule has 0 saturated carbocycles. The minimum Gasteiger partial charge on any atom is -0.494 e. The number of esters is 2. The molecule has 0 fully saturated rings. The number of unbranched alkanes of at least 4 members (excludes halogenated alkanes) is 1. The van der Waals surface area contributed by atoms with Crippen LogP contribution in [0, 0.1) is 0 Å². The third kappa shape index (κ3) is 7.12. The molecule has 2 N–H and O–H groups in total. The van der Waals surface area contributed by atoms with Crippen LogP contribution in [0.15, 0.2) is 48.5 Å². The summed E-state index contributed by atoms with van der Waals surface area (Å²) < 4.78 is 15.6. The summed E-state index contributed by atoms with van der Waals surface area (Å²) in [6.07, 6.45) is 1.46. The van der Waals surface area contributed by atoms with Crippen molar-refractivity contribution in [3.05, 3.63) is 54.1 Å². The topological polar surface area (TPSA) is 102 Å². The molecule has 0 spiro atoms. The van der Waals surface area contributed by atoms with Crippen molar-refractivity contribution in [3.8, 4) is 11.5 Å². The third-order valence-electron chi connectivity index (χ3n) is 3.59. The van der Waals surface area contributed by atoms with E-state index in [-0.39, 0.29) is 5.97 Å². The zero-order valence-corrected chi connectivity index (χ0v) is 15.0. The Bertz CT molecular complexity index is 742. The van der Waals surface area contributed by atoms with E-state index in [9.17, 15) is 9.59 Å². The summed E-state index contributed by atoms with van der Waals surface area (Å²) in [4.78, 5) is 22.8. The van der Waals surface area contributed by atoms with E-state index in [2.05, 4.69) is 0 Å². The fourth-order valence-electron chi connectivity index (χ4n) is 2.17. The summed E-state index contributed by atoms with van der Waals surface area (Å²) in [5.74, 6) is 0.110. The minimum atomic E-state index is -1.57. The summed E-state index contributed by atoms with van der Waals surface area (Å²) in [5, 5.41) is 18.1. The van der Waals surface area contributed by atoms with E-state index in [1.165, 1.54) is 31.2 Å². The van der Waals surface area contributed by atoms with Gasteiger partial charge < -0.3 is 24.3 Å². The quantitative estimate of drug-likeness (QED) is 0.296. The predicted octanol–water partition coefficient (Wildman–Crippen LogP) is 1.31. The normalized spacial score (nSPS) is 10.2. The molecule has 27 heavy (non-hydrogen) atoms. The van der Waals surface area contributed by atoms with E-state index in [0.717, 1.165) is 12.8 Å². The summed E-state index contributed by atoms with van der Waals surface area (Å²) in [6, 6.07) is 12.4. The molecule has 142 valence electrons. The number of hydrogen-bond acceptors (Lipinski definition) is 7. The van der Waals surface area contributed by atoms with E-state index >= 15 is 0 Å². The van der Waals surface area contributed by atoms with E-state index in [0.29, 0.717) is 35.7 Å². The van der Waals surface area contributed by atoms with Gasteiger partial charge in [0.25, 0.3) is 0 Å². The molecule has 0 radical (unpaired) electrons. The van der Waals surface area contributed by atoms with Crippen molar-refractivity contribution < 1.29 is 33.8 Å². The van der Waals surface area contributed by atoms with Gasteiger partial charge in [0.2, 0.25) is 0 Å². The van der Waals surface area contributed by atoms with Crippen LogP contribution in [0.1, 0.15) is 30.1 Å². The lowest BCUT2D eigenvalue weighted by Gasteiger charge is -2.08. The lowest BCUT2D eigenvalue weighted by molar-refractivity contribution is -0.141. The van der Waals surface area contributed by atoms with Crippen LogP contribution in [0.3, 0.4) is 0 Å². The maximum Gasteiger partial charge on any atom is 0.488 e. The fourth-order valence-corrected chi connectivity index (χ4v) is 2.17. The molecule has 0 amide bonds. The fraction of sp³-hybridized carbons (Fsp3) is 0.263. The molecule has 2 aromatic carbocycles. The zero-order valence-electron chi connectivity index (χ0n) is 15.0.